The van der Waals surface area contributed by atoms with E-state index in [4.69, 9.17) is 37.0 Å². The van der Waals surface area contributed by atoms with Gasteiger partial charge in [0.1, 0.15) is 19.3 Å². The number of hydrogen-bond donors (Lipinski definition) is 3. The van der Waals surface area contributed by atoms with Crippen LogP contribution in [0.25, 0.3) is 0 Å². The lowest BCUT2D eigenvalue weighted by Crippen LogP contribution is -2.30. The molecule has 0 aliphatic rings. The van der Waals surface area contributed by atoms with Gasteiger partial charge >= 0.3 is 39.5 Å². The summed E-state index contributed by atoms with van der Waals surface area (Å²) in [5, 5.41) is 10.6. The van der Waals surface area contributed by atoms with E-state index >= 15 is 0 Å². The summed E-state index contributed by atoms with van der Waals surface area (Å²) in [5.74, 6) is 0.172. The van der Waals surface area contributed by atoms with Crippen molar-refractivity contribution in [1.29, 1.82) is 0 Å². The molecule has 0 bridgehead atoms. The molecule has 3 N–H and O–H groups in total. The van der Waals surface area contributed by atoms with E-state index in [1.807, 2.05) is 0 Å². The minimum absolute atomic E-state index is 0.105. The average molecular weight is 1380 g/mol. The summed E-state index contributed by atoms with van der Waals surface area (Å²) in [6, 6.07) is 0. The number of ether oxygens (including phenoxy) is 4. The summed E-state index contributed by atoms with van der Waals surface area (Å²) in [7, 11) is -9.91. The highest BCUT2D eigenvalue weighted by Crippen LogP contribution is 2.45. The SMILES string of the molecule is CCCCCCCCCCCCCCC(=O)OC[C@H](COP(=O)(O)OC[C@H](O)COP(=O)(O)OC[C@@H](COC(=O)CCCCCCCCCCCCC(C)C)OC(=O)CCCCCCCCCCCCCCCCC(C)C)OC(=O)CCCCCCCCCCCC(C)C. The molecule has 0 aromatic carbocycles. The zero-order valence-electron chi connectivity index (χ0n) is 61.4. The molecular weight excluding hydrogens is 1230 g/mol. The van der Waals surface area contributed by atoms with Gasteiger partial charge in [0, 0.05) is 25.7 Å². The highest BCUT2D eigenvalue weighted by molar-refractivity contribution is 7.47. The summed E-state index contributed by atoms with van der Waals surface area (Å²) in [6.45, 7) is 11.9. The van der Waals surface area contributed by atoms with Crippen molar-refractivity contribution < 1.29 is 80.2 Å². The van der Waals surface area contributed by atoms with Gasteiger partial charge in [-0.25, -0.2) is 9.13 Å². The largest absolute Gasteiger partial charge is 0.472 e. The van der Waals surface area contributed by atoms with Crippen molar-refractivity contribution in [2.75, 3.05) is 39.6 Å². The molecule has 0 saturated carbocycles. The van der Waals surface area contributed by atoms with Crippen LogP contribution < -0.4 is 0 Å². The minimum Gasteiger partial charge on any atom is -0.462 e. The van der Waals surface area contributed by atoms with Gasteiger partial charge in [-0.3, -0.25) is 37.3 Å². The van der Waals surface area contributed by atoms with Crippen molar-refractivity contribution in [3.63, 3.8) is 0 Å². The Morgan fingerprint density at radius 1 is 0.287 bits per heavy atom. The van der Waals surface area contributed by atoms with E-state index in [0.717, 1.165) is 108 Å². The summed E-state index contributed by atoms with van der Waals surface area (Å²) in [5.41, 5.74) is 0. The third-order valence-corrected chi connectivity index (χ3v) is 19.3. The van der Waals surface area contributed by atoms with E-state index in [1.165, 1.54) is 193 Å². The quantitative estimate of drug-likeness (QED) is 0.0222. The minimum atomic E-state index is -4.96. The second-order valence-electron chi connectivity index (χ2n) is 28.5. The zero-order chi connectivity index (χ0) is 69.4. The molecule has 0 radical (unpaired) electrons. The standard InChI is InChI=1S/C75H146O17P2/c1-8-9-10-11-12-13-14-20-28-35-42-49-56-72(77)85-63-71(92-75(80)59-52-45-38-31-24-27-34-41-48-55-68(6)7)65-90-94(83,84)88-61-69(76)60-87-93(81,82)89-64-70(62-86-73(78)57-50-43-36-29-23-22-26-33-40-47-54-67(4)5)91-74(79)58-51-44-37-30-21-18-16-15-17-19-25-32-39-46-53-66(2)3/h66-71,76H,8-65H2,1-7H3,(H,81,82)(H,83,84)/t69-,70-,71-/m1/s1. The Kier molecular flexibility index (Phi) is 64.3. The van der Waals surface area contributed by atoms with Gasteiger partial charge in [0.15, 0.2) is 12.2 Å². The fourth-order valence-electron chi connectivity index (χ4n) is 11.4. The highest BCUT2D eigenvalue weighted by Gasteiger charge is 2.30. The van der Waals surface area contributed by atoms with Crippen LogP contribution in [0.4, 0.5) is 0 Å². The molecule has 558 valence electrons. The number of aliphatic hydroxyl groups is 1. The number of unbranched alkanes of at least 4 members (excludes halogenated alkanes) is 41. The number of hydrogen-bond acceptors (Lipinski definition) is 15. The Morgan fingerprint density at radius 2 is 0.489 bits per heavy atom. The van der Waals surface area contributed by atoms with E-state index in [0.29, 0.717) is 25.7 Å². The van der Waals surface area contributed by atoms with Crippen LogP contribution in [0.1, 0.15) is 382 Å². The maximum atomic E-state index is 13.1. The molecule has 0 saturated heterocycles. The predicted octanol–water partition coefficient (Wildman–Crippen LogP) is 21.8. The molecule has 0 fully saturated rings. The van der Waals surface area contributed by atoms with E-state index in [-0.39, 0.29) is 25.7 Å². The van der Waals surface area contributed by atoms with Gasteiger partial charge in [-0.1, -0.05) is 331 Å². The molecule has 0 aromatic heterocycles. The van der Waals surface area contributed by atoms with Gasteiger partial charge in [0.05, 0.1) is 26.4 Å². The van der Waals surface area contributed by atoms with Crippen LogP contribution in [0, 0.1) is 17.8 Å². The predicted molar refractivity (Wildman–Crippen MR) is 381 cm³/mol. The van der Waals surface area contributed by atoms with Gasteiger partial charge in [0.25, 0.3) is 0 Å². The molecule has 0 aliphatic heterocycles. The van der Waals surface area contributed by atoms with Crippen LogP contribution in [-0.2, 0) is 65.4 Å². The summed E-state index contributed by atoms with van der Waals surface area (Å²) < 4.78 is 68.5. The lowest BCUT2D eigenvalue weighted by molar-refractivity contribution is -0.161. The highest BCUT2D eigenvalue weighted by atomic mass is 31.2. The van der Waals surface area contributed by atoms with E-state index in [9.17, 15) is 43.2 Å². The van der Waals surface area contributed by atoms with Crippen molar-refractivity contribution in [2.24, 2.45) is 17.8 Å². The number of carbonyl (C=O) groups excluding carboxylic acids is 4. The van der Waals surface area contributed by atoms with Crippen LogP contribution >= 0.6 is 15.6 Å². The van der Waals surface area contributed by atoms with Gasteiger partial charge < -0.3 is 33.8 Å². The molecule has 17 nitrogen and oxygen atoms in total. The summed E-state index contributed by atoms with van der Waals surface area (Å²) in [4.78, 5) is 72.8. The Bertz CT molecular complexity index is 1840. The van der Waals surface area contributed by atoms with Crippen LogP contribution in [-0.4, -0.2) is 96.7 Å². The van der Waals surface area contributed by atoms with Crippen LogP contribution in [0.5, 0.6) is 0 Å². The normalized spacial score (nSPS) is 14.1. The Labute approximate surface area is 575 Å². The number of aliphatic hydroxyl groups excluding tert-OH is 1. The summed E-state index contributed by atoms with van der Waals surface area (Å²) >= 11 is 0. The maximum Gasteiger partial charge on any atom is 0.472 e. The third-order valence-electron chi connectivity index (χ3n) is 17.4. The number of rotatable bonds is 73. The fourth-order valence-corrected chi connectivity index (χ4v) is 13.0. The van der Waals surface area contributed by atoms with Crippen LogP contribution in [0.15, 0.2) is 0 Å². The first-order valence-electron chi connectivity index (χ1n) is 38.8. The van der Waals surface area contributed by atoms with E-state index < -0.39 is 97.5 Å². The molecule has 5 atom stereocenters. The second kappa shape index (κ2) is 65.7. The molecule has 0 heterocycles. The van der Waals surface area contributed by atoms with Gasteiger partial charge in [-0.05, 0) is 43.4 Å². The topological polar surface area (TPSA) is 237 Å². The first-order valence-corrected chi connectivity index (χ1v) is 41.8. The molecular formula is C75H146O17P2. The summed E-state index contributed by atoms with van der Waals surface area (Å²) in [6.07, 6.45) is 51.2. The molecule has 19 heteroatoms. The Balaban J connectivity index is 5.26. The molecule has 0 aromatic rings. The number of phosphoric ester groups is 2. The van der Waals surface area contributed by atoms with Crippen molar-refractivity contribution >= 4 is 39.5 Å². The maximum absolute atomic E-state index is 13.1. The molecule has 0 amide bonds. The molecule has 0 spiro atoms. The van der Waals surface area contributed by atoms with Gasteiger partial charge in [-0.2, -0.15) is 0 Å². The van der Waals surface area contributed by atoms with Crippen molar-refractivity contribution in [1.82, 2.24) is 0 Å². The van der Waals surface area contributed by atoms with Crippen LogP contribution in [0.3, 0.4) is 0 Å². The number of phosphoric acid groups is 2. The molecule has 0 aliphatic carbocycles. The lowest BCUT2D eigenvalue weighted by Gasteiger charge is -2.21. The van der Waals surface area contributed by atoms with Crippen molar-refractivity contribution in [3.8, 4) is 0 Å². The number of esters is 4. The van der Waals surface area contributed by atoms with Crippen LogP contribution in [0.2, 0.25) is 0 Å². The lowest BCUT2D eigenvalue weighted by atomic mass is 10.0. The van der Waals surface area contributed by atoms with Gasteiger partial charge in [0.2, 0.25) is 0 Å². The average Bonchev–Trinajstić information content (AvgIpc) is 1.34. The Morgan fingerprint density at radius 3 is 0.723 bits per heavy atom. The first kappa shape index (κ1) is 92.1. The molecule has 2 unspecified atom stereocenters. The zero-order valence-corrected chi connectivity index (χ0v) is 63.2. The van der Waals surface area contributed by atoms with Gasteiger partial charge in [-0.15, -0.1) is 0 Å². The Hall–Kier alpha value is -1.94. The monoisotopic (exact) mass is 1380 g/mol. The van der Waals surface area contributed by atoms with E-state index in [1.54, 1.807) is 0 Å². The number of carbonyl (C=O) groups is 4. The second-order valence-corrected chi connectivity index (χ2v) is 31.4. The van der Waals surface area contributed by atoms with Crippen molar-refractivity contribution in [2.45, 2.75) is 401 Å². The third kappa shape index (κ3) is 68.6. The first-order chi connectivity index (χ1) is 45.2. The smallest absolute Gasteiger partial charge is 0.462 e. The van der Waals surface area contributed by atoms with E-state index in [2.05, 4.69) is 48.5 Å². The molecule has 94 heavy (non-hydrogen) atoms. The fraction of sp³-hybridized carbons (Fsp3) is 0.947. The molecule has 0 rings (SSSR count). The van der Waals surface area contributed by atoms with Crippen molar-refractivity contribution in [3.05, 3.63) is 0 Å².